The molecule has 2 heterocycles. The molecule has 147 valence electrons. The van der Waals surface area contributed by atoms with Crippen molar-refractivity contribution in [3.05, 3.63) is 58.9 Å². The molecule has 1 aromatic carbocycles. The third-order valence-electron chi connectivity index (χ3n) is 3.71. The number of hydrogen-bond donors (Lipinski definition) is 2. The van der Waals surface area contributed by atoms with Gasteiger partial charge in [0.25, 0.3) is 0 Å². The molecule has 0 atom stereocenters. The Bertz CT molecular complexity index is 826. The van der Waals surface area contributed by atoms with Crippen molar-refractivity contribution in [3.8, 4) is 0 Å². The number of nitrogens with zero attached hydrogens (tertiary/aromatic N) is 4. The van der Waals surface area contributed by atoms with Crippen LogP contribution < -0.4 is 11.7 Å². The molecule has 1 fully saturated rings. The molecule has 28 heavy (non-hydrogen) atoms. The number of hydrazone groups is 1. The standard InChI is InChI=1S/C16H16ClN6O.C3H8.Pb/c17-14-6-12(20-7-11-4-2-1-3-5-11)8-21-15(14)16(22-18)23(19)13-9-24-10-13;1-3-2;/h1-6,8,13H,9-10,18-19H2;3H2,1-2H3;/b20-7?,22-16-;;. The summed E-state index contributed by atoms with van der Waals surface area (Å²) in [4.78, 5) is 8.98. The van der Waals surface area contributed by atoms with E-state index < -0.39 is 0 Å². The minimum absolute atomic E-state index is 0.0178. The van der Waals surface area contributed by atoms with Gasteiger partial charge in [-0.1, -0.05) is 20.3 Å². The molecule has 9 heteroatoms. The zero-order valence-corrected chi connectivity index (χ0v) is 20.6. The van der Waals surface area contributed by atoms with Gasteiger partial charge in [0.1, 0.15) is 0 Å². The van der Waals surface area contributed by atoms with E-state index in [4.69, 9.17) is 28.0 Å². The molecule has 3 radical (unpaired) electrons. The fourth-order valence-corrected chi connectivity index (χ4v) is 3.64. The summed E-state index contributed by atoms with van der Waals surface area (Å²) >= 11 is 7.17. The van der Waals surface area contributed by atoms with Crippen LogP contribution in [0.1, 0.15) is 31.5 Å². The number of aromatic nitrogens is 1. The summed E-state index contributed by atoms with van der Waals surface area (Å²) in [5.74, 6) is 11.9. The molecule has 2 aromatic rings. The van der Waals surface area contributed by atoms with Gasteiger partial charge in [-0.15, -0.1) is 0 Å². The van der Waals surface area contributed by atoms with Crippen LogP contribution in [0.4, 0.5) is 5.69 Å². The van der Waals surface area contributed by atoms with Crippen LogP contribution in [-0.4, -0.2) is 64.1 Å². The second kappa shape index (κ2) is 11.4. The van der Waals surface area contributed by atoms with Gasteiger partial charge >= 0.3 is 167 Å². The number of pyridine rings is 1. The Morgan fingerprint density at radius 3 is 2.46 bits per heavy atom. The zero-order chi connectivity index (χ0) is 20.5. The van der Waals surface area contributed by atoms with Gasteiger partial charge < -0.3 is 0 Å². The van der Waals surface area contributed by atoms with Gasteiger partial charge in [-0.2, -0.15) is 0 Å². The van der Waals surface area contributed by atoms with Crippen LogP contribution in [0.3, 0.4) is 0 Å². The molecule has 0 saturated carbocycles. The van der Waals surface area contributed by atoms with E-state index in [0.29, 0.717) is 35.5 Å². The van der Waals surface area contributed by atoms with Crippen LogP contribution in [-0.2, 0) is 4.74 Å². The molecule has 0 aliphatic carbocycles. The number of halogens is 1. The van der Waals surface area contributed by atoms with Crippen LogP contribution in [0.2, 0.25) is 5.02 Å². The Labute approximate surface area is 186 Å². The fraction of sp³-hybridized carbons (Fsp3) is 0.316. The van der Waals surface area contributed by atoms with Crippen molar-refractivity contribution in [2.45, 2.75) is 26.3 Å². The summed E-state index contributed by atoms with van der Waals surface area (Å²) in [5.41, 5.74) is 2.19. The minimum atomic E-state index is 0.0178. The van der Waals surface area contributed by atoms with E-state index in [9.17, 15) is 0 Å². The van der Waals surface area contributed by atoms with E-state index in [1.165, 1.54) is 11.4 Å². The Kier molecular flexibility index (Phi) is 9.29. The zero-order valence-electron chi connectivity index (χ0n) is 16.0. The topological polar surface area (TPSA) is 102 Å². The van der Waals surface area contributed by atoms with Gasteiger partial charge in [-0.05, 0) is 0 Å². The molecular formula is C19H24ClN6OPb. The quantitative estimate of drug-likeness (QED) is 0.186. The molecule has 0 spiro atoms. The Balaban J connectivity index is 0.000000878. The molecule has 1 saturated heterocycles. The summed E-state index contributed by atoms with van der Waals surface area (Å²) in [6.07, 6.45) is 2.89. The average Bonchev–Trinajstić information content (AvgIpc) is 2.64. The van der Waals surface area contributed by atoms with E-state index in [-0.39, 0.29) is 6.04 Å². The molecule has 4 N–H and O–H groups in total. The van der Waals surface area contributed by atoms with E-state index in [1.54, 1.807) is 12.3 Å². The first kappa shape index (κ1) is 22.7. The second-order valence-electron chi connectivity index (χ2n) is 6.11. The first-order valence-electron chi connectivity index (χ1n) is 8.92. The van der Waals surface area contributed by atoms with Crippen molar-refractivity contribution in [3.63, 3.8) is 0 Å². The monoisotopic (exact) mass is 595 g/mol. The number of aliphatic imine (C=N–C) groups is 1. The van der Waals surface area contributed by atoms with Gasteiger partial charge in [0, 0.05) is 0 Å². The van der Waals surface area contributed by atoms with Gasteiger partial charge in [0.2, 0.25) is 0 Å². The first-order chi connectivity index (χ1) is 13.5. The third-order valence-corrected chi connectivity index (χ3v) is 5.55. The Morgan fingerprint density at radius 1 is 1.32 bits per heavy atom. The summed E-state index contributed by atoms with van der Waals surface area (Å²) < 4.78 is 6.14. The summed E-state index contributed by atoms with van der Waals surface area (Å²) in [5, 5.41) is 5.59. The predicted molar refractivity (Wildman–Crippen MR) is 115 cm³/mol. The normalized spacial score (nSPS) is 14.8. The van der Waals surface area contributed by atoms with Crippen molar-refractivity contribution in [1.82, 2.24) is 9.99 Å². The molecule has 1 aliphatic heterocycles. The van der Waals surface area contributed by atoms with E-state index in [2.05, 4.69) is 28.9 Å². The van der Waals surface area contributed by atoms with Gasteiger partial charge in [-0.25, -0.2) is 0 Å². The number of amidine groups is 1. The number of hydrogen-bond acceptors (Lipinski definition) is 6. The molecule has 3 rings (SSSR count). The maximum absolute atomic E-state index is 6.37. The number of benzene rings is 1. The van der Waals surface area contributed by atoms with Crippen molar-refractivity contribution < 1.29 is 4.74 Å². The predicted octanol–water partition coefficient (Wildman–Crippen LogP) is 2.59. The summed E-state index contributed by atoms with van der Waals surface area (Å²) in [6, 6.07) is 11.8. The van der Waals surface area contributed by atoms with Crippen molar-refractivity contribution in [1.29, 1.82) is 0 Å². The van der Waals surface area contributed by atoms with Crippen LogP contribution in [0, 0.1) is 0 Å². The fourth-order valence-electron chi connectivity index (χ4n) is 2.25. The van der Waals surface area contributed by atoms with Crippen LogP contribution in [0.15, 0.2) is 52.7 Å². The van der Waals surface area contributed by atoms with Crippen LogP contribution >= 0.6 is 11.6 Å². The number of nitrogens with two attached hydrogens (primary N) is 2. The third kappa shape index (κ3) is 5.97. The molecule has 0 bridgehead atoms. The number of rotatable bonds is 4. The molecule has 1 aliphatic rings. The second-order valence-corrected chi connectivity index (χ2v) is 8.36. The Morgan fingerprint density at radius 2 is 1.96 bits per heavy atom. The Hall–Kier alpha value is -1.56. The van der Waals surface area contributed by atoms with Gasteiger partial charge in [-0.3, -0.25) is 0 Å². The van der Waals surface area contributed by atoms with Crippen molar-refractivity contribution >= 4 is 52.2 Å². The SMILES string of the molecule is CCC.N/N=C(/c1ncc(N=[C]([Pb])c2ccccc2)cc1Cl)N(N)C1COC1. The summed E-state index contributed by atoms with van der Waals surface area (Å²) in [7, 11) is 0. The van der Waals surface area contributed by atoms with Gasteiger partial charge in [0.15, 0.2) is 0 Å². The average molecular weight is 595 g/mol. The van der Waals surface area contributed by atoms with E-state index >= 15 is 0 Å². The van der Waals surface area contributed by atoms with E-state index in [0.717, 1.165) is 34.6 Å². The molecule has 0 amide bonds. The van der Waals surface area contributed by atoms with Gasteiger partial charge in [0.05, 0.1) is 0 Å². The van der Waals surface area contributed by atoms with Crippen molar-refractivity contribution in [2.24, 2.45) is 21.8 Å². The maximum atomic E-state index is 6.37. The molecule has 0 unspecified atom stereocenters. The van der Waals surface area contributed by atoms with Crippen LogP contribution in [0.25, 0.3) is 0 Å². The van der Waals surface area contributed by atoms with E-state index in [1.807, 2.05) is 30.3 Å². The van der Waals surface area contributed by atoms with Crippen LogP contribution in [0.5, 0.6) is 0 Å². The summed E-state index contributed by atoms with van der Waals surface area (Å²) in [6.45, 7) is 5.30. The number of hydrazine groups is 1. The van der Waals surface area contributed by atoms with Crippen molar-refractivity contribution in [2.75, 3.05) is 13.2 Å². The first-order valence-corrected chi connectivity index (χ1v) is 11.2. The molecule has 1 aromatic heterocycles. The number of ether oxygens (including phenoxy) is 1. The molecular weight excluding hydrogens is 571 g/mol. The molecule has 7 nitrogen and oxygen atoms in total.